The number of hydrogen-bond donors (Lipinski definition) is 0. The first-order valence-corrected chi connectivity index (χ1v) is 5.06. The van der Waals surface area contributed by atoms with Gasteiger partial charge in [-0.15, -0.1) is 5.06 Å². The molecule has 0 aromatic carbocycles. The fourth-order valence-corrected chi connectivity index (χ4v) is 2.51. The molecule has 2 saturated heterocycles. The van der Waals surface area contributed by atoms with Crippen LogP contribution in [-0.2, 0) is 19.2 Å². The van der Waals surface area contributed by atoms with E-state index in [1.165, 1.54) is 0 Å². The van der Waals surface area contributed by atoms with Crippen LogP contribution in [0.25, 0.3) is 0 Å². The second kappa shape index (κ2) is 3.05. The standard InChI is InChI=1S/C9H6ClNO5/c10-9(14)16-11-7(12)5-3-1-2-4(15-3)6(5)8(11)13/h1-6H. The summed E-state index contributed by atoms with van der Waals surface area (Å²) in [5, 5.41) is 0.445. The Labute approximate surface area is 94.7 Å². The lowest BCUT2D eigenvalue weighted by atomic mass is 9.85. The molecule has 3 aliphatic rings. The Morgan fingerprint density at radius 3 is 2.19 bits per heavy atom. The number of hydroxylamine groups is 2. The van der Waals surface area contributed by atoms with E-state index in [4.69, 9.17) is 16.3 Å². The van der Waals surface area contributed by atoms with E-state index in [0.717, 1.165) is 0 Å². The molecular weight excluding hydrogens is 238 g/mol. The van der Waals surface area contributed by atoms with Crippen LogP contribution in [0.1, 0.15) is 0 Å². The van der Waals surface area contributed by atoms with Gasteiger partial charge < -0.3 is 9.57 Å². The van der Waals surface area contributed by atoms with E-state index in [-0.39, 0.29) is 0 Å². The molecule has 7 heteroatoms. The summed E-state index contributed by atoms with van der Waals surface area (Å²) in [4.78, 5) is 38.5. The SMILES string of the molecule is O=C(Cl)ON1C(=O)C2C3C=CC(O3)C2C1=O. The number of ether oxygens (including phenoxy) is 1. The number of nitrogens with zero attached hydrogens (tertiary/aromatic N) is 1. The van der Waals surface area contributed by atoms with E-state index < -0.39 is 41.3 Å². The van der Waals surface area contributed by atoms with Crippen molar-refractivity contribution in [2.75, 3.05) is 0 Å². The molecule has 3 aliphatic heterocycles. The van der Waals surface area contributed by atoms with Crippen LogP contribution in [-0.4, -0.2) is 34.5 Å². The molecule has 2 amide bonds. The number of fused-ring (bicyclic) bond motifs is 5. The van der Waals surface area contributed by atoms with E-state index in [1.54, 1.807) is 12.2 Å². The van der Waals surface area contributed by atoms with Crippen LogP contribution in [0, 0.1) is 11.8 Å². The van der Waals surface area contributed by atoms with Crippen LogP contribution >= 0.6 is 11.6 Å². The van der Waals surface area contributed by atoms with E-state index in [9.17, 15) is 14.4 Å². The highest BCUT2D eigenvalue weighted by Crippen LogP contribution is 2.45. The van der Waals surface area contributed by atoms with Crippen LogP contribution in [0.5, 0.6) is 0 Å². The van der Waals surface area contributed by atoms with Gasteiger partial charge in [-0.25, -0.2) is 4.79 Å². The third-order valence-corrected chi connectivity index (χ3v) is 3.10. The van der Waals surface area contributed by atoms with Crippen LogP contribution < -0.4 is 0 Å². The topological polar surface area (TPSA) is 72.9 Å². The normalized spacial score (nSPS) is 39.4. The van der Waals surface area contributed by atoms with Crippen molar-refractivity contribution in [2.24, 2.45) is 11.8 Å². The lowest BCUT2D eigenvalue weighted by Crippen LogP contribution is -2.35. The first-order valence-electron chi connectivity index (χ1n) is 4.68. The predicted octanol–water partition coefficient (Wildman–Crippen LogP) is 0.215. The van der Waals surface area contributed by atoms with Crippen molar-refractivity contribution < 1.29 is 24.0 Å². The molecule has 0 spiro atoms. The van der Waals surface area contributed by atoms with Gasteiger partial charge in [0.2, 0.25) is 0 Å². The summed E-state index contributed by atoms with van der Waals surface area (Å²) in [7, 11) is 0. The first-order chi connectivity index (χ1) is 7.59. The molecule has 2 bridgehead atoms. The highest BCUT2D eigenvalue weighted by atomic mass is 35.5. The summed E-state index contributed by atoms with van der Waals surface area (Å²) in [5.74, 6) is -2.31. The third kappa shape index (κ3) is 1.08. The average molecular weight is 244 g/mol. The van der Waals surface area contributed by atoms with Crippen molar-refractivity contribution in [3.63, 3.8) is 0 Å². The maximum absolute atomic E-state index is 11.8. The van der Waals surface area contributed by atoms with E-state index in [0.29, 0.717) is 5.06 Å². The van der Waals surface area contributed by atoms with Gasteiger partial charge in [0.15, 0.2) is 0 Å². The zero-order valence-electron chi connectivity index (χ0n) is 7.83. The minimum atomic E-state index is -1.21. The number of halogens is 1. The molecule has 6 nitrogen and oxygen atoms in total. The Kier molecular flexibility index (Phi) is 1.87. The molecule has 0 N–H and O–H groups in total. The molecular formula is C9H6ClNO5. The van der Waals surface area contributed by atoms with Crippen LogP contribution in [0.2, 0.25) is 0 Å². The fraction of sp³-hybridized carbons (Fsp3) is 0.444. The van der Waals surface area contributed by atoms with Crippen molar-refractivity contribution in [1.82, 2.24) is 5.06 Å². The van der Waals surface area contributed by atoms with E-state index in [1.807, 2.05) is 0 Å². The number of imide groups is 1. The largest absolute Gasteiger partial charge is 0.428 e. The zero-order chi connectivity index (χ0) is 11.4. The Morgan fingerprint density at radius 2 is 1.75 bits per heavy atom. The third-order valence-electron chi connectivity index (χ3n) is 3.03. The van der Waals surface area contributed by atoms with Crippen molar-refractivity contribution in [1.29, 1.82) is 0 Å². The maximum Gasteiger partial charge on any atom is 0.428 e. The molecule has 84 valence electrons. The highest BCUT2D eigenvalue weighted by Gasteiger charge is 2.62. The molecule has 4 unspecified atom stereocenters. The summed E-state index contributed by atoms with van der Waals surface area (Å²) in [6.07, 6.45) is 2.68. The number of carbonyl (C=O) groups excluding carboxylic acids is 3. The van der Waals surface area contributed by atoms with Crippen molar-refractivity contribution in [3.8, 4) is 0 Å². The van der Waals surface area contributed by atoms with Crippen LogP contribution in [0.15, 0.2) is 12.2 Å². The van der Waals surface area contributed by atoms with Gasteiger partial charge in [0.05, 0.1) is 24.0 Å². The van der Waals surface area contributed by atoms with Crippen LogP contribution in [0.4, 0.5) is 4.79 Å². The molecule has 0 aliphatic carbocycles. The maximum atomic E-state index is 11.8. The summed E-state index contributed by atoms with van der Waals surface area (Å²) < 4.78 is 5.38. The van der Waals surface area contributed by atoms with E-state index in [2.05, 4.69) is 4.84 Å². The second-order valence-corrected chi connectivity index (χ2v) is 4.11. The highest BCUT2D eigenvalue weighted by molar-refractivity contribution is 6.61. The molecule has 3 rings (SSSR count). The molecule has 3 heterocycles. The van der Waals surface area contributed by atoms with Gasteiger partial charge in [-0.3, -0.25) is 9.59 Å². The fourth-order valence-electron chi connectivity index (χ4n) is 2.44. The second-order valence-electron chi connectivity index (χ2n) is 3.80. The Bertz CT molecular complexity index is 404. The van der Waals surface area contributed by atoms with Crippen molar-refractivity contribution >= 4 is 28.8 Å². The Balaban J connectivity index is 1.91. The Hall–Kier alpha value is -1.40. The average Bonchev–Trinajstić information content (AvgIpc) is 2.87. The predicted molar refractivity (Wildman–Crippen MR) is 49.0 cm³/mol. The van der Waals surface area contributed by atoms with Gasteiger partial charge in [-0.05, 0) is 0 Å². The summed E-state index contributed by atoms with van der Waals surface area (Å²) in [5.41, 5.74) is -1.21. The number of rotatable bonds is 1. The zero-order valence-corrected chi connectivity index (χ0v) is 8.59. The molecule has 0 aromatic heterocycles. The summed E-state index contributed by atoms with van der Waals surface area (Å²) in [6, 6.07) is 0. The molecule has 0 radical (unpaired) electrons. The van der Waals surface area contributed by atoms with Crippen LogP contribution in [0.3, 0.4) is 0 Å². The smallest absolute Gasteiger partial charge is 0.365 e. The van der Waals surface area contributed by atoms with Gasteiger partial charge >= 0.3 is 5.43 Å². The number of amides is 2. The summed E-state index contributed by atoms with van der Waals surface area (Å²) >= 11 is 4.98. The summed E-state index contributed by atoms with van der Waals surface area (Å²) in [6.45, 7) is 0. The van der Waals surface area contributed by atoms with Gasteiger partial charge in [0.25, 0.3) is 11.8 Å². The molecule has 2 fully saturated rings. The van der Waals surface area contributed by atoms with Gasteiger partial charge in [-0.2, -0.15) is 0 Å². The van der Waals surface area contributed by atoms with Gasteiger partial charge in [0, 0.05) is 11.6 Å². The quantitative estimate of drug-likeness (QED) is 0.374. The monoisotopic (exact) mass is 243 g/mol. The van der Waals surface area contributed by atoms with Gasteiger partial charge in [-0.1, -0.05) is 12.2 Å². The minimum Gasteiger partial charge on any atom is -0.365 e. The van der Waals surface area contributed by atoms with Gasteiger partial charge in [0.1, 0.15) is 0 Å². The lowest BCUT2D eigenvalue weighted by Gasteiger charge is -2.13. The van der Waals surface area contributed by atoms with Crippen molar-refractivity contribution in [2.45, 2.75) is 12.2 Å². The van der Waals surface area contributed by atoms with E-state index >= 15 is 0 Å². The number of carbonyl (C=O) groups is 3. The molecule has 16 heavy (non-hydrogen) atoms. The minimum absolute atomic E-state index is 0.398. The Morgan fingerprint density at radius 1 is 1.25 bits per heavy atom. The lowest BCUT2D eigenvalue weighted by molar-refractivity contribution is -0.173. The van der Waals surface area contributed by atoms with Crippen molar-refractivity contribution in [3.05, 3.63) is 12.2 Å². The first kappa shape index (κ1) is 9.80. The number of hydrogen-bond acceptors (Lipinski definition) is 5. The molecule has 4 atom stereocenters. The molecule has 0 aromatic rings. The molecule has 0 saturated carbocycles.